The van der Waals surface area contributed by atoms with Crippen LogP contribution in [0.1, 0.15) is 36.8 Å². The maximum Gasteiger partial charge on any atom is 0.353 e. The quantitative estimate of drug-likeness (QED) is 0.121. The number of imide groups is 1. The zero-order valence-electron chi connectivity index (χ0n) is 20.7. The highest BCUT2D eigenvalue weighted by molar-refractivity contribution is 7.12. The van der Waals surface area contributed by atoms with Crippen molar-refractivity contribution in [3.05, 3.63) is 98.2 Å². The summed E-state index contributed by atoms with van der Waals surface area (Å²) >= 11 is 13.4. The van der Waals surface area contributed by atoms with Crippen LogP contribution in [-0.4, -0.2) is 46.0 Å². The summed E-state index contributed by atoms with van der Waals surface area (Å²) in [4.78, 5) is 66.8. The van der Waals surface area contributed by atoms with E-state index in [0.29, 0.717) is 4.88 Å². The van der Waals surface area contributed by atoms with Gasteiger partial charge in [0.05, 0.1) is 21.9 Å². The summed E-state index contributed by atoms with van der Waals surface area (Å²) in [6.45, 7) is -0.576. The Morgan fingerprint density at radius 1 is 0.900 bits per heavy atom. The van der Waals surface area contributed by atoms with E-state index in [1.165, 1.54) is 53.8 Å². The van der Waals surface area contributed by atoms with Crippen LogP contribution in [0.4, 0.5) is 0 Å². The van der Waals surface area contributed by atoms with Crippen LogP contribution in [0.2, 0.25) is 10.0 Å². The number of hydrogen-bond donors (Lipinski definition) is 0. The van der Waals surface area contributed by atoms with Gasteiger partial charge in [-0.1, -0.05) is 41.4 Å². The van der Waals surface area contributed by atoms with E-state index in [1.807, 2.05) is 12.2 Å². The number of thiophene rings is 1. The summed E-state index contributed by atoms with van der Waals surface area (Å²) in [5.74, 6) is -3.80. The number of fused-ring (bicyclic) bond motifs is 5. The number of esters is 1. The topological polar surface area (TPSA) is 101 Å². The molecule has 40 heavy (non-hydrogen) atoms. The van der Waals surface area contributed by atoms with Crippen molar-refractivity contribution in [2.45, 2.75) is 6.42 Å². The van der Waals surface area contributed by atoms with E-state index in [-0.39, 0.29) is 38.8 Å². The van der Waals surface area contributed by atoms with E-state index in [0.717, 1.165) is 16.4 Å². The second-order valence-electron chi connectivity index (χ2n) is 9.79. The predicted molar refractivity (Wildman–Crippen MR) is 147 cm³/mol. The zero-order valence-corrected chi connectivity index (χ0v) is 23.0. The fourth-order valence-electron chi connectivity index (χ4n) is 5.62. The molecule has 6 rings (SSSR count). The molecule has 2 aliphatic carbocycles. The van der Waals surface area contributed by atoms with E-state index >= 15 is 0 Å². The molecule has 4 atom stereocenters. The molecule has 0 N–H and O–H groups in total. The summed E-state index contributed by atoms with van der Waals surface area (Å²) in [6.07, 6.45) is 4.62. The second-order valence-corrected chi connectivity index (χ2v) is 11.6. The molecule has 2 aromatic carbocycles. The Bertz CT molecular complexity index is 1560. The lowest BCUT2D eigenvalue weighted by Crippen LogP contribution is -2.52. The maximum absolute atomic E-state index is 13.7. The van der Waals surface area contributed by atoms with Gasteiger partial charge in [0.1, 0.15) is 17.2 Å². The van der Waals surface area contributed by atoms with Gasteiger partial charge in [-0.3, -0.25) is 19.2 Å². The van der Waals surface area contributed by atoms with Crippen molar-refractivity contribution in [1.82, 2.24) is 10.0 Å². The number of hydrazine groups is 1. The first-order valence-electron chi connectivity index (χ1n) is 12.4. The summed E-state index contributed by atoms with van der Waals surface area (Å²) in [5.41, 5.74) is 0.265. The van der Waals surface area contributed by atoms with Crippen molar-refractivity contribution in [3.63, 3.8) is 0 Å². The van der Waals surface area contributed by atoms with Gasteiger partial charge in [0.15, 0.2) is 5.78 Å². The smallest absolute Gasteiger partial charge is 0.353 e. The number of carbonyl (C=O) groups excluding carboxylic acids is 5. The van der Waals surface area contributed by atoms with Gasteiger partial charge in [0, 0.05) is 11.1 Å². The van der Waals surface area contributed by atoms with Crippen LogP contribution in [0.25, 0.3) is 0 Å². The average Bonchev–Trinajstić information content (AvgIpc) is 3.75. The third kappa shape index (κ3) is 4.54. The Kier molecular flexibility index (Phi) is 6.82. The lowest BCUT2D eigenvalue weighted by molar-refractivity contribution is -0.154. The van der Waals surface area contributed by atoms with Crippen LogP contribution in [-0.2, 0) is 9.59 Å². The number of ether oxygens (including phenoxy) is 1. The molecule has 2 fully saturated rings. The van der Waals surface area contributed by atoms with Crippen molar-refractivity contribution < 1.29 is 28.7 Å². The molecule has 8 nitrogen and oxygen atoms in total. The number of ketones is 1. The second kappa shape index (κ2) is 10.3. The largest absolute Gasteiger partial charge is 0.422 e. The van der Waals surface area contributed by atoms with Crippen molar-refractivity contribution >= 4 is 64.0 Å². The first-order chi connectivity index (χ1) is 19.2. The van der Waals surface area contributed by atoms with E-state index in [4.69, 9.17) is 27.9 Å². The number of amides is 3. The number of carbonyl (C=O) groups is 5. The molecule has 1 saturated heterocycles. The van der Waals surface area contributed by atoms with Crippen LogP contribution in [0.5, 0.6) is 5.75 Å². The molecule has 0 spiro atoms. The van der Waals surface area contributed by atoms with Gasteiger partial charge in [-0.2, -0.15) is 5.01 Å². The van der Waals surface area contributed by atoms with E-state index in [2.05, 4.69) is 0 Å². The minimum atomic E-state index is -0.740. The molecule has 2 bridgehead atoms. The Morgan fingerprint density at radius 2 is 1.55 bits per heavy atom. The Labute approximate surface area is 242 Å². The molecule has 3 aliphatic rings. The number of hydrogen-bond acceptors (Lipinski definition) is 7. The van der Waals surface area contributed by atoms with Crippen LogP contribution in [0, 0.1) is 23.7 Å². The maximum atomic E-state index is 13.7. The number of benzene rings is 2. The van der Waals surface area contributed by atoms with E-state index < -0.39 is 47.9 Å². The molecular formula is C29H20Cl2N2O6S. The molecule has 1 aromatic heterocycles. The first-order valence-corrected chi connectivity index (χ1v) is 14.1. The van der Waals surface area contributed by atoms with Crippen LogP contribution < -0.4 is 4.74 Å². The lowest BCUT2D eigenvalue weighted by atomic mass is 9.85. The van der Waals surface area contributed by atoms with E-state index in [9.17, 15) is 24.0 Å². The third-order valence-electron chi connectivity index (χ3n) is 7.49. The molecule has 3 aromatic rings. The predicted octanol–water partition coefficient (Wildman–Crippen LogP) is 5.32. The SMILES string of the molecule is O=C(CN(C(=O)c1ccc(Cl)c(Cl)c1)N1C(=O)[C@@H]2[C@H](C1=O)[C@H]1C=C[C@H]2C1)c1ccc(OC(=O)c2cccs2)cc1. The van der Waals surface area contributed by atoms with Crippen molar-refractivity contribution in [1.29, 1.82) is 0 Å². The van der Waals surface area contributed by atoms with E-state index in [1.54, 1.807) is 17.5 Å². The Morgan fingerprint density at radius 3 is 2.15 bits per heavy atom. The lowest BCUT2D eigenvalue weighted by Gasteiger charge is -2.31. The Hall–Kier alpha value is -3.79. The highest BCUT2D eigenvalue weighted by Gasteiger charge is 2.61. The van der Waals surface area contributed by atoms with Crippen molar-refractivity contribution in [3.8, 4) is 5.75 Å². The number of halogens is 2. The number of allylic oxidation sites excluding steroid dienone is 2. The molecular weight excluding hydrogens is 575 g/mol. The summed E-state index contributed by atoms with van der Waals surface area (Å²) in [7, 11) is 0. The molecule has 2 heterocycles. The van der Waals surface area contributed by atoms with Crippen LogP contribution in [0.15, 0.2) is 72.1 Å². The molecule has 11 heteroatoms. The summed E-state index contributed by atoms with van der Waals surface area (Å²) < 4.78 is 5.34. The number of nitrogens with zero attached hydrogens (tertiary/aromatic N) is 2. The molecule has 3 amide bonds. The minimum Gasteiger partial charge on any atom is -0.422 e. The summed E-state index contributed by atoms with van der Waals surface area (Å²) in [5, 5.41) is 3.83. The normalized spacial score (nSPS) is 22.5. The highest BCUT2D eigenvalue weighted by Crippen LogP contribution is 2.52. The fraction of sp³-hybridized carbons (Fsp3) is 0.207. The van der Waals surface area contributed by atoms with Crippen LogP contribution >= 0.6 is 34.5 Å². The molecule has 1 saturated carbocycles. The highest BCUT2D eigenvalue weighted by atomic mass is 35.5. The van der Waals surface area contributed by atoms with Gasteiger partial charge in [-0.15, -0.1) is 11.3 Å². The third-order valence-corrected chi connectivity index (χ3v) is 9.08. The minimum absolute atomic E-state index is 0.0665. The van der Waals surface area contributed by atoms with Crippen molar-refractivity contribution in [2.75, 3.05) is 6.54 Å². The van der Waals surface area contributed by atoms with Gasteiger partial charge in [-0.25, -0.2) is 9.80 Å². The molecule has 202 valence electrons. The van der Waals surface area contributed by atoms with Gasteiger partial charge in [-0.05, 0) is 72.2 Å². The molecule has 0 radical (unpaired) electrons. The number of rotatable bonds is 7. The van der Waals surface area contributed by atoms with Crippen LogP contribution in [0.3, 0.4) is 0 Å². The van der Waals surface area contributed by atoms with Gasteiger partial charge < -0.3 is 4.74 Å². The monoisotopic (exact) mass is 594 g/mol. The average molecular weight is 595 g/mol. The number of Topliss-reactive ketones (excluding diaryl/α,β-unsaturated/α-hetero) is 1. The summed E-state index contributed by atoms with van der Waals surface area (Å²) in [6, 6.07) is 13.4. The van der Waals surface area contributed by atoms with Crippen molar-refractivity contribution in [2.24, 2.45) is 23.7 Å². The first kappa shape index (κ1) is 26.4. The Balaban J connectivity index is 1.26. The van der Waals surface area contributed by atoms with Gasteiger partial charge >= 0.3 is 5.97 Å². The fourth-order valence-corrected chi connectivity index (χ4v) is 6.52. The van der Waals surface area contributed by atoms with Gasteiger partial charge in [0.25, 0.3) is 17.7 Å². The zero-order chi connectivity index (χ0) is 28.1. The molecule has 1 aliphatic heterocycles. The molecule has 0 unspecified atom stereocenters. The standard InChI is InChI=1S/C29H20Cl2N2O6S/c30-20-10-7-18(13-21(20)31)26(35)32(33-27(36)24-16-3-4-17(12-16)25(24)28(33)37)14-22(34)15-5-8-19(9-6-15)39-29(38)23-2-1-11-40-23/h1-11,13,16-17,24-25H,12,14H2/t16-,17-,24-,25+/m0/s1. The van der Waals surface area contributed by atoms with Gasteiger partial charge in [0.2, 0.25) is 0 Å².